The highest BCUT2D eigenvalue weighted by atomic mass is 16.3. The van der Waals surface area contributed by atoms with Crippen LogP contribution in [-0.4, -0.2) is 30.0 Å². The molecule has 0 bridgehead atoms. The first-order valence-electron chi connectivity index (χ1n) is 7.63. The molecule has 0 radical (unpaired) electrons. The van der Waals surface area contributed by atoms with Crippen molar-refractivity contribution in [2.75, 3.05) is 20.1 Å². The first-order valence-corrected chi connectivity index (χ1v) is 7.63. The predicted molar refractivity (Wildman–Crippen MR) is 85.0 cm³/mol. The fraction of sp³-hybridized carbons (Fsp3) is 0.471. The maximum atomic E-state index is 5.62. The zero-order chi connectivity index (χ0) is 14.9. The fourth-order valence-corrected chi connectivity index (χ4v) is 2.21. The summed E-state index contributed by atoms with van der Waals surface area (Å²) in [6, 6.07) is 8.19. The normalized spacial score (nSPS) is 11.2. The maximum Gasteiger partial charge on any atom is 0.118 e. The van der Waals surface area contributed by atoms with E-state index in [1.807, 2.05) is 24.6 Å². The van der Waals surface area contributed by atoms with E-state index in [2.05, 4.69) is 41.3 Å². The van der Waals surface area contributed by atoms with Gasteiger partial charge in [0.15, 0.2) is 0 Å². The Labute approximate surface area is 127 Å². The Hall–Kier alpha value is -1.65. The van der Waals surface area contributed by atoms with Crippen LogP contribution in [0.4, 0.5) is 0 Å². The van der Waals surface area contributed by atoms with Gasteiger partial charge in [0.05, 0.1) is 12.8 Å². The summed E-state index contributed by atoms with van der Waals surface area (Å²) in [5.41, 5.74) is 2.35. The van der Waals surface area contributed by atoms with E-state index in [9.17, 15) is 0 Å². The number of nitrogens with one attached hydrogen (secondary N) is 1. The molecule has 0 aliphatic heterocycles. The molecule has 2 rings (SSSR count). The smallest absolute Gasteiger partial charge is 0.118 e. The molecule has 4 heteroatoms. The summed E-state index contributed by atoms with van der Waals surface area (Å²) in [5.74, 6) is 1.02. The highest BCUT2D eigenvalue weighted by Crippen LogP contribution is 2.10. The van der Waals surface area contributed by atoms with Crippen molar-refractivity contribution < 1.29 is 4.42 Å². The van der Waals surface area contributed by atoms with E-state index in [0.29, 0.717) is 0 Å². The van der Waals surface area contributed by atoms with Crippen molar-refractivity contribution in [3.8, 4) is 0 Å². The molecule has 114 valence electrons. The van der Waals surface area contributed by atoms with Gasteiger partial charge in [-0.1, -0.05) is 13.0 Å². The Kier molecular flexibility index (Phi) is 6.44. The minimum atomic E-state index is 0.834. The van der Waals surface area contributed by atoms with Gasteiger partial charge in [-0.15, -0.1) is 0 Å². The third-order valence-corrected chi connectivity index (χ3v) is 3.37. The summed E-state index contributed by atoms with van der Waals surface area (Å²) >= 11 is 0. The van der Waals surface area contributed by atoms with E-state index >= 15 is 0 Å². The lowest BCUT2D eigenvalue weighted by Crippen LogP contribution is -2.20. The van der Waals surface area contributed by atoms with Crippen LogP contribution in [0.25, 0.3) is 0 Å². The van der Waals surface area contributed by atoms with Crippen LogP contribution in [0.15, 0.2) is 41.1 Å². The van der Waals surface area contributed by atoms with Crippen LogP contribution in [0, 0.1) is 0 Å². The molecular weight excluding hydrogens is 262 g/mol. The molecule has 0 saturated heterocycles. The zero-order valence-corrected chi connectivity index (χ0v) is 13.0. The molecule has 4 nitrogen and oxygen atoms in total. The van der Waals surface area contributed by atoms with E-state index in [-0.39, 0.29) is 0 Å². The quantitative estimate of drug-likeness (QED) is 0.720. The number of likely N-dealkylation sites (N-methyl/N-ethyl adjacent to an activating group) is 1. The number of pyridine rings is 1. The van der Waals surface area contributed by atoms with Gasteiger partial charge in [-0.2, -0.15) is 0 Å². The van der Waals surface area contributed by atoms with Crippen molar-refractivity contribution in [1.82, 2.24) is 15.2 Å². The highest BCUT2D eigenvalue weighted by molar-refractivity contribution is 5.12. The number of nitrogens with zero attached hydrogens (tertiary/aromatic N) is 2. The monoisotopic (exact) mass is 287 g/mol. The summed E-state index contributed by atoms with van der Waals surface area (Å²) in [6.07, 6.45) is 5.81. The lowest BCUT2D eigenvalue weighted by molar-refractivity contribution is 0.297. The zero-order valence-electron chi connectivity index (χ0n) is 13.0. The van der Waals surface area contributed by atoms with Crippen molar-refractivity contribution in [3.05, 3.63) is 53.7 Å². The summed E-state index contributed by atoms with van der Waals surface area (Å²) in [7, 11) is 2.11. The molecule has 0 fully saturated rings. The second kappa shape index (κ2) is 8.60. The van der Waals surface area contributed by atoms with Gasteiger partial charge in [0.2, 0.25) is 0 Å². The number of rotatable bonds is 9. The largest absolute Gasteiger partial charge is 0.468 e. The summed E-state index contributed by atoms with van der Waals surface area (Å²) in [6.45, 7) is 5.91. The van der Waals surface area contributed by atoms with Gasteiger partial charge in [0.25, 0.3) is 0 Å². The molecule has 0 aliphatic rings. The van der Waals surface area contributed by atoms with E-state index in [1.54, 1.807) is 0 Å². The van der Waals surface area contributed by atoms with E-state index < -0.39 is 0 Å². The van der Waals surface area contributed by atoms with Crippen molar-refractivity contribution >= 4 is 0 Å². The Balaban J connectivity index is 1.73. The van der Waals surface area contributed by atoms with Gasteiger partial charge >= 0.3 is 0 Å². The topological polar surface area (TPSA) is 41.3 Å². The average molecular weight is 287 g/mol. The van der Waals surface area contributed by atoms with Crippen LogP contribution in [0.5, 0.6) is 0 Å². The molecule has 0 amide bonds. The molecule has 0 spiro atoms. The molecule has 0 aromatic carbocycles. The van der Waals surface area contributed by atoms with Crippen LogP contribution in [0.1, 0.15) is 30.4 Å². The van der Waals surface area contributed by atoms with E-state index in [4.69, 9.17) is 4.42 Å². The Morgan fingerprint density at radius 3 is 3.00 bits per heavy atom. The lowest BCUT2D eigenvalue weighted by atomic mass is 10.2. The van der Waals surface area contributed by atoms with Crippen LogP contribution in [0.3, 0.4) is 0 Å². The predicted octanol–water partition coefficient (Wildman–Crippen LogP) is 2.85. The van der Waals surface area contributed by atoms with Gasteiger partial charge in [-0.05, 0) is 38.2 Å². The van der Waals surface area contributed by atoms with Gasteiger partial charge in [-0.25, -0.2) is 0 Å². The third-order valence-electron chi connectivity index (χ3n) is 3.37. The van der Waals surface area contributed by atoms with Crippen molar-refractivity contribution in [2.45, 2.75) is 32.9 Å². The molecular formula is C17H25N3O. The maximum absolute atomic E-state index is 5.62. The molecule has 0 atom stereocenters. The van der Waals surface area contributed by atoms with Crippen molar-refractivity contribution in [1.29, 1.82) is 0 Å². The summed E-state index contributed by atoms with van der Waals surface area (Å²) in [4.78, 5) is 6.61. The number of hydrogen-bond acceptors (Lipinski definition) is 4. The SMILES string of the molecule is CCCNCc1coc(CN(C)CCc2ccccn2)c1. The molecule has 2 aromatic heterocycles. The minimum Gasteiger partial charge on any atom is -0.468 e. The summed E-state index contributed by atoms with van der Waals surface area (Å²) in [5, 5.41) is 3.38. The van der Waals surface area contributed by atoms with Gasteiger partial charge in [0.1, 0.15) is 5.76 Å². The van der Waals surface area contributed by atoms with Gasteiger partial charge in [-0.3, -0.25) is 9.88 Å². The number of furan rings is 1. The van der Waals surface area contributed by atoms with Crippen molar-refractivity contribution in [3.63, 3.8) is 0 Å². The van der Waals surface area contributed by atoms with Gasteiger partial charge in [0, 0.05) is 37.0 Å². The molecule has 21 heavy (non-hydrogen) atoms. The molecule has 2 aromatic rings. The fourth-order valence-electron chi connectivity index (χ4n) is 2.21. The second-order valence-electron chi connectivity index (χ2n) is 5.41. The first-order chi connectivity index (χ1) is 10.3. The molecule has 0 saturated carbocycles. The molecule has 1 N–H and O–H groups in total. The van der Waals surface area contributed by atoms with Crippen LogP contribution in [0.2, 0.25) is 0 Å². The average Bonchev–Trinajstić information content (AvgIpc) is 2.94. The second-order valence-corrected chi connectivity index (χ2v) is 5.41. The van der Waals surface area contributed by atoms with Gasteiger partial charge < -0.3 is 9.73 Å². The molecule has 2 heterocycles. The van der Waals surface area contributed by atoms with E-state index in [0.717, 1.165) is 50.5 Å². The Bertz CT molecular complexity index is 510. The third kappa shape index (κ3) is 5.69. The molecule has 0 unspecified atom stereocenters. The number of aromatic nitrogens is 1. The van der Waals surface area contributed by atoms with E-state index in [1.165, 1.54) is 5.56 Å². The lowest BCUT2D eigenvalue weighted by Gasteiger charge is -2.14. The highest BCUT2D eigenvalue weighted by Gasteiger charge is 2.06. The van der Waals surface area contributed by atoms with Crippen molar-refractivity contribution in [2.24, 2.45) is 0 Å². The standard InChI is InChI=1S/C17H25N3O/c1-3-8-18-12-15-11-17(21-14-15)13-20(2)10-7-16-6-4-5-9-19-16/h4-6,9,11,14,18H,3,7-8,10,12-13H2,1-2H3. The molecule has 0 aliphatic carbocycles. The van der Waals surface area contributed by atoms with Crippen LogP contribution >= 0.6 is 0 Å². The van der Waals surface area contributed by atoms with Crippen LogP contribution in [-0.2, 0) is 19.5 Å². The summed E-state index contributed by atoms with van der Waals surface area (Å²) < 4.78 is 5.62. The number of hydrogen-bond donors (Lipinski definition) is 1. The Morgan fingerprint density at radius 1 is 1.33 bits per heavy atom. The van der Waals surface area contributed by atoms with Crippen LogP contribution < -0.4 is 5.32 Å². The first kappa shape index (κ1) is 15.7. The minimum absolute atomic E-state index is 0.834. The Morgan fingerprint density at radius 2 is 2.24 bits per heavy atom.